The molecular formula is C9H10N2OS. The predicted molar refractivity (Wildman–Crippen MR) is 51.7 cm³/mol. The molecule has 4 heteroatoms. The van der Waals surface area contributed by atoms with Crippen LogP contribution in [-0.2, 0) is 0 Å². The summed E-state index contributed by atoms with van der Waals surface area (Å²) in [5.74, 6) is 1.61. The van der Waals surface area contributed by atoms with Crippen LogP contribution in [0.3, 0.4) is 0 Å². The minimum absolute atomic E-state index is 0.293. The summed E-state index contributed by atoms with van der Waals surface area (Å²) in [6.45, 7) is 4.07. The van der Waals surface area contributed by atoms with Crippen molar-refractivity contribution in [1.29, 1.82) is 0 Å². The second-order valence-corrected chi connectivity index (χ2v) is 4.03. The van der Waals surface area contributed by atoms with Gasteiger partial charge in [-0.25, -0.2) is 0 Å². The lowest BCUT2D eigenvalue weighted by atomic mass is 10.2. The van der Waals surface area contributed by atoms with Crippen molar-refractivity contribution in [2.45, 2.75) is 19.8 Å². The third-order valence-electron chi connectivity index (χ3n) is 1.67. The molecule has 2 aromatic heterocycles. The molecule has 0 saturated carbocycles. The van der Waals surface area contributed by atoms with Gasteiger partial charge in [-0.2, -0.15) is 0 Å². The van der Waals surface area contributed by atoms with Crippen LogP contribution in [0, 0.1) is 0 Å². The Hall–Kier alpha value is -1.16. The Kier molecular flexibility index (Phi) is 2.14. The maximum atomic E-state index is 5.48. The average molecular weight is 194 g/mol. The highest BCUT2D eigenvalue weighted by Crippen LogP contribution is 2.24. The topological polar surface area (TPSA) is 38.9 Å². The lowest BCUT2D eigenvalue weighted by Gasteiger charge is -1.93. The molecule has 2 rings (SSSR count). The Morgan fingerprint density at radius 3 is 2.77 bits per heavy atom. The Labute approximate surface area is 80.4 Å². The van der Waals surface area contributed by atoms with Crippen molar-refractivity contribution >= 4 is 11.3 Å². The highest BCUT2D eigenvalue weighted by molar-refractivity contribution is 7.13. The molecule has 0 atom stereocenters. The third kappa shape index (κ3) is 1.62. The zero-order chi connectivity index (χ0) is 9.26. The summed E-state index contributed by atoms with van der Waals surface area (Å²) >= 11 is 1.60. The maximum absolute atomic E-state index is 5.48. The quantitative estimate of drug-likeness (QED) is 0.737. The summed E-state index contributed by atoms with van der Waals surface area (Å²) in [6.07, 6.45) is 0. The van der Waals surface area contributed by atoms with E-state index in [2.05, 4.69) is 10.2 Å². The Balaban J connectivity index is 2.33. The maximum Gasteiger partial charge on any atom is 0.257 e. The number of hydrogen-bond acceptors (Lipinski definition) is 4. The molecule has 0 aliphatic carbocycles. The van der Waals surface area contributed by atoms with Gasteiger partial charge in [0, 0.05) is 5.92 Å². The van der Waals surface area contributed by atoms with Crippen molar-refractivity contribution in [1.82, 2.24) is 10.2 Å². The van der Waals surface area contributed by atoms with Gasteiger partial charge in [0.2, 0.25) is 5.89 Å². The zero-order valence-electron chi connectivity index (χ0n) is 7.52. The van der Waals surface area contributed by atoms with E-state index in [4.69, 9.17) is 4.42 Å². The molecule has 0 aliphatic rings. The molecule has 0 bridgehead atoms. The second-order valence-electron chi connectivity index (χ2n) is 3.08. The molecule has 68 valence electrons. The molecule has 0 radical (unpaired) electrons. The molecule has 0 aliphatic heterocycles. The van der Waals surface area contributed by atoms with Gasteiger partial charge in [0.1, 0.15) is 0 Å². The van der Waals surface area contributed by atoms with Crippen molar-refractivity contribution in [2.24, 2.45) is 0 Å². The summed E-state index contributed by atoms with van der Waals surface area (Å²) < 4.78 is 5.48. The predicted octanol–water partition coefficient (Wildman–Crippen LogP) is 2.92. The number of aromatic nitrogens is 2. The highest BCUT2D eigenvalue weighted by Gasteiger charge is 2.11. The molecule has 0 spiro atoms. The first kappa shape index (κ1) is 8.44. The second kappa shape index (κ2) is 3.30. The molecule has 0 saturated heterocycles. The minimum atomic E-state index is 0.293. The molecule has 0 amide bonds. The molecule has 3 nitrogen and oxygen atoms in total. The number of thiophene rings is 1. The summed E-state index contributed by atoms with van der Waals surface area (Å²) in [5, 5.41) is 9.93. The van der Waals surface area contributed by atoms with Gasteiger partial charge in [0.25, 0.3) is 5.89 Å². The SMILES string of the molecule is CC(C)c1nnc(-c2cccs2)o1. The Bertz CT molecular complexity index is 378. The molecule has 2 heterocycles. The first-order chi connectivity index (χ1) is 6.27. The summed E-state index contributed by atoms with van der Waals surface area (Å²) in [5.41, 5.74) is 0. The molecule has 0 aromatic carbocycles. The number of rotatable bonds is 2. The zero-order valence-corrected chi connectivity index (χ0v) is 8.34. The first-order valence-electron chi connectivity index (χ1n) is 4.14. The van der Waals surface area contributed by atoms with Crippen LogP contribution in [0.2, 0.25) is 0 Å². The van der Waals surface area contributed by atoms with Crippen LogP contribution < -0.4 is 0 Å². The van der Waals surface area contributed by atoms with Gasteiger partial charge in [-0.1, -0.05) is 19.9 Å². The monoisotopic (exact) mass is 194 g/mol. The van der Waals surface area contributed by atoms with Crippen LogP contribution in [0.25, 0.3) is 10.8 Å². The third-order valence-corrected chi connectivity index (χ3v) is 2.52. The van der Waals surface area contributed by atoms with Gasteiger partial charge in [0.05, 0.1) is 4.88 Å². The van der Waals surface area contributed by atoms with Crippen LogP contribution >= 0.6 is 11.3 Å². The van der Waals surface area contributed by atoms with E-state index < -0.39 is 0 Å². The lowest BCUT2D eigenvalue weighted by molar-refractivity contribution is 0.482. The van der Waals surface area contributed by atoms with Crippen LogP contribution in [0.5, 0.6) is 0 Å². The standard InChI is InChI=1S/C9H10N2OS/c1-6(2)8-10-11-9(12-8)7-4-3-5-13-7/h3-6H,1-2H3. The molecule has 0 N–H and O–H groups in total. The highest BCUT2D eigenvalue weighted by atomic mass is 32.1. The van der Waals surface area contributed by atoms with Gasteiger partial charge < -0.3 is 4.42 Å². The Morgan fingerprint density at radius 2 is 2.23 bits per heavy atom. The van der Waals surface area contributed by atoms with E-state index in [0.29, 0.717) is 17.7 Å². The summed E-state index contributed by atoms with van der Waals surface area (Å²) in [6, 6.07) is 3.95. The number of hydrogen-bond donors (Lipinski definition) is 0. The molecular weight excluding hydrogens is 184 g/mol. The van der Waals surface area contributed by atoms with Gasteiger partial charge in [-0.05, 0) is 11.4 Å². The van der Waals surface area contributed by atoms with Crippen LogP contribution in [0.15, 0.2) is 21.9 Å². The van der Waals surface area contributed by atoms with Crippen molar-refractivity contribution in [3.63, 3.8) is 0 Å². The van der Waals surface area contributed by atoms with Gasteiger partial charge in [-0.15, -0.1) is 21.5 Å². The van der Waals surface area contributed by atoms with Crippen LogP contribution in [0.4, 0.5) is 0 Å². The van der Waals surface area contributed by atoms with Gasteiger partial charge >= 0.3 is 0 Å². The molecule has 0 fully saturated rings. The normalized spacial score (nSPS) is 11.0. The fourth-order valence-electron chi connectivity index (χ4n) is 0.968. The molecule has 0 unspecified atom stereocenters. The van der Waals surface area contributed by atoms with Gasteiger partial charge in [0.15, 0.2) is 0 Å². The molecule has 13 heavy (non-hydrogen) atoms. The number of nitrogens with zero attached hydrogens (tertiary/aromatic N) is 2. The van der Waals surface area contributed by atoms with E-state index in [1.165, 1.54) is 0 Å². The van der Waals surface area contributed by atoms with E-state index in [1.807, 2.05) is 31.4 Å². The van der Waals surface area contributed by atoms with Crippen molar-refractivity contribution < 1.29 is 4.42 Å². The van der Waals surface area contributed by atoms with Gasteiger partial charge in [-0.3, -0.25) is 0 Å². The molecule has 2 aromatic rings. The smallest absolute Gasteiger partial charge is 0.257 e. The van der Waals surface area contributed by atoms with Crippen molar-refractivity contribution in [3.05, 3.63) is 23.4 Å². The van der Waals surface area contributed by atoms with E-state index in [0.717, 1.165) is 4.88 Å². The first-order valence-corrected chi connectivity index (χ1v) is 5.02. The van der Waals surface area contributed by atoms with Crippen LogP contribution in [-0.4, -0.2) is 10.2 Å². The summed E-state index contributed by atoms with van der Waals surface area (Å²) in [4.78, 5) is 1.03. The van der Waals surface area contributed by atoms with E-state index >= 15 is 0 Å². The average Bonchev–Trinajstić information content (AvgIpc) is 2.75. The summed E-state index contributed by atoms with van der Waals surface area (Å²) in [7, 11) is 0. The lowest BCUT2D eigenvalue weighted by Crippen LogP contribution is -1.85. The minimum Gasteiger partial charge on any atom is -0.420 e. The van der Waals surface area contributed by atoms with Crippen LogP contribution in [0.1, 0.15) is 25.7 Å². The fourth-order valence-corrected chi connectivity index (χ4v) is 1.61. The van der Waals surface area contributed by atoms with E-state index in [-0.39, 0.29) is 0 Å². The fraction of sp³-hybridized carbons (Fsp3) is 0.333. The van der Waals surface area contributed by atoms with E-state index in [9.17, 15) is 0 Å². The van der Waals surface area contributed by atoms with Crippen molar-refractivity contribution in [3.8, 4) is 10.8 Å². The largest absolute Gasteiger partial charge is 0.420 e. The van der Waals surface area contributed by atoms with E-state index in [1.54, 1.807) is 11.3 Å². The van der Waals surface area contributed by atoms with Crippen molar-refractivity contribution in [2.75, 3.05) is 0 Å². The Morgan fingerprint density at radius 1 is 1.38 bits per heavy atom.